The minimum atomic E-state index is -0.399. The monoisotopic (exact) mass is 282 g/mol. The van der Waals surface area contributed by atoms with Gasteiger partial charge in [0.1, 0.15) is 6.10 Å². The summed E-state index contributed by atoms with van der Waals surface area (Å²) in [6.45, 7) is 3.91. The highest BCUT2D eigenvalue weighted by molar-refractivity contribution is 6.31. The fourth-order valence-electron chi connectivity index (χ4n) is 2.16. The van der Waals surface area contributed by atoms with Gasteiger partial charge in [0.15, 0.2) is 0 Å². The van der Waals surface area contributed by atoms with Crippen molar-refractivity contribution in [3.05, 3.63) is 34.9 Å². The van der Waals surface area contributed by atoms with Gasteiger partial charge in [-0.1, -0.05) is 29.8 Å². The van der Waals surface area contributed by atoms with Crippen LogP contribution in [0.1, 0.15) is 18.5 Å². The quantitative estimate of drug-likeness (QED) is 0.920. The predicted octanol–water partition coefficient (Wildman–Crippen LogP) is 1.85. The summed E-state index contributed by atoms with van der Waals surface area (Å²) in [5.41, 5.74) is 0.948. The van der Waals surface area contributed by atoms with E-state index in [-0.39, 0.29) is 11.9 Å². The number of ether oxygens (including phenoxy) is 1. The first-order valence-corrected chi connectivity index (χ1v) is 6.82. The Balaban J connectivity index is 2.08. The molecular weight excluding hydrogens is 264 g/mol. The second-order valence-corrected chi connectivity index (χ2v) is 5.12. The van der Waals surface area contributed by atoms with E-state index in [0.717, 1.165) is 12.1 Å². The van der Waals surface area contributed by atoms with Crippen molar-refractivity contribution < 1.29 is 9.53 Å². The Hall–Kier alpha value is -1.10. The Bertz CT molecular complexity index is 447. The number of carbonyl (C=O) groups excluding carboxylic acids is 1. The topological polar surface area (TPSA) is 41.6 Å². The summed E-state index contributed by atoms with van der Waals surface area (Å²) in [5, 5.41) is 3.84. The molecule has 4 nitrogen and oxygen atoms in total. The number of nitrogens with one attached hydrogen (secondary N) is 1. The molecule has 5 heteroatoms. The third kappa shape index (κ3) is 3.26. The van der Waals surface area contributed by atoms with Crippen LogP contribution in [0, 0.1) is 0 Å². The molecule has 1 aromatic rings. The molecule has 1 fully saturated rings. The first-order valence-electron chi connectivity index (χ1n) is 6.44. The third-order valence-corrected chi connectivity index (χ3v) is 3.83. The number of morpholine rings is 1. The van der Waals surface area contributed by atoms with E-state index in [2.05, 4.69) is 5.32 Å². The minimum Gasteiger partial charge on any atom is -0.366 e. The van der Waals surface area contributed by atoms with Crippen molar-refractivity contribution in [1.29, 1.82) is 0 Å². The second-order valence-electron chi connectivity index (χ2n) is 4.71. The lowest BCUT2D eigenvalue weighted by Crippen LogP contribution is -2.48. The van der Waals surface area contributed by atoms with Crippen LogP contribution in [0.5, 0.6) is 0 Å². The van der Waals surface area contributed by atoms with E-state index in [1.54, 1.807) is 11.9 Å². The molecule has 2 rings (SSSR count). The molecule has 1 aromatic carbocycles. The molecule has 1 aliphatic rings. The maximum Gasteiger partial charge on any atom is 0.253 e. The smallest absolute Gasteiger partial charge is 0.253 e. The Morgan fingerprint density at radius 3 is 2.89 bits per heavy atom. The van der Waals surface area contributed by atoms with E-state index in [4.69, 9.17) is 16.3 Å². The van der Waals surface area contributed by atoms with E-state index in [0.29, 0.717) is 18.2 Å². The lowest BCUT2D eigenvalue weighted by Gasteiger charge is -2.31. The van der Waals surface area contributed by atoms with Gasteiger partial charge in [-0.15, -0.1) is 0 Å². The molecule has 1 saturated heterocycles. The van der Waals surface area contributed by atoms with E-state index in [1.807, 2.05) is 31.2 Å². The number of rotatable bonds is 3. The number of nitrogens with zero attached hydrogens (tertiary/aromatic N) is 1. The summed E-state index contributed by atoms with van der Waals surface area (Å²) < 4.78 is 5.49. The van der Waals surface area contributed by atoms with Gasteiger partial charge in [0.05, 0.1) is 12.6 Å². The minimum absolute atomic E-state index is 0.0142. The van der Waals surface area contributed by atoms with Gasteiger partial charge < -0.3 is 15.0 Å². The average molecular weight is 283 g/mol. The summed E-state index contributed by atoms with van der Waals surface area (Å²) in [5.74, 6) is -0.0142. The fourth-order valence-corrected chi connectivity index (χ4v) is 2.46. The number of benzene rings is 1. The van der Waals surface area contributed by atoms with Gasteiger partial charge in [-0.2, -0.15) is 0 Å². The average Bonchev–Trinajstić information content (AvgIpc) is 2.46. The van der Waals surface area contributed by atoms with Gasteiger partial charge in [-0.25, -0.2) is 0 Å². The van der Waals surface area contributed by atoms with Gasteiger partial charge in [-0.3, -0.25) is 4.79 Å². The number of halogens is 1. The molecule has 0 bridgehead atoms. The Labute approximate surface area is 118 Å². The van der Waals surface area contributed by atoms with Crippen molar-refractivity contribution in [1.82, 2.24) is 10.2 Å². The lowest BCUT2D eigenvalue weighted by molar-refractivity contribution is -0.145. The molecule has 1 N–H and O–H groups in total. The van der Waals surface area contributed by atoms with Gasteiger partial charge in [0, 0.05) is 25.2 Å². The van der Waals surface area contributed by atoms with E-state index in [1.165, 1.54) is 0 Å². The molecule has 2 unspecified atom stereocenters. The van der Waals surface area contributed by atoms with Crippen molar-refractivity contribution in [2.24, 2.45) is 0 Å². The summed E-state index contributed by atoms with van der Waals surface area (Å²) in [4.78, 5) is 14.0. The Morgan fingerprint density at radius 1 is 1.53 bits per heavy atom. The zero-order valence-corrected chi connectivity index (χ0v) is 12.0. The largest absolute Gasteiger partial charge is 0.366 e. The molecule has 1 heterocycles. The molecule has 1 amide bonds. The first kappa shape index (κ1) is 14.3. The van der Waals surface area contributed by atoms with Gasteiger partial charge in [0.25, 0.3) is 5.91 Å². The number of hydrogen-bond donors (Lipinski definition) is 1. The summed E-state index contributed by atoms with van der Waals surface area (Å²) in [7, 11) is 1.79. The predicted molar refractivity (Wildman–Crippen MR) is 75.2 cm³/mol. The molecule has 104 valence electrons. The summed E-state index contributed by atoms with van der Waals surface area (Å²) in [6.07, 6.45) is -0.399. The van der Waals surface area contributed by atoms with Crippen LogP contribution in [0.4, 0.5) is 0 Å². The van der Waals surface area contributed by atoms with E-state index in [9.17, 15) is 4.79 Å². The molecule has 0 aliphatic carbocycles. The molecule has 0 saturated carbocycles. The van der Waals surface area contributed by atoms with Gasteiger partial charge in [-0.05, 0) is 18.6 Å². The summed E-state index contributed by atoms with van der Waals surface area (Å²) >= 11 is 6.17. The van der Waals surface area contributed by atoms with Crippen LogP contribution in [0.25, 0.3) is 0 Å². The van der Waals surface area contributed by atoms with Crippen LogP contribution in [0.15, 0.2) is 24.3 Å². The number of likely N-dealkylation sites (N-methyl/N-ethyl adjacent to an activating group) is 1. The maximum atomic E-state index is 12.3. The fraction of sp³-hybridized carbons (Fsp3) is 0.500. The van der Waals surface area contributed by atoms with Crippen molar-refractivity contribution in [3.63, 3.8) is 0 Å². The third-order valence-electron chi connectivity index (χ3n) is 3.49. The maximum absolute atomic E-state index is 12.3. The molecule has 2 atom stereocenters. The van der Waals surface area contributed by atoms with Crippen LogP contribution in [-0.4, -0.2) is 43.7 Å². The zero-order chi connectivity index (χ0) is 13.8. The lowest BCUT2D eigenvalue weighted by atomic mass is 10.1. The van der Waals surface area contributed by atoms with E-state index < -0.39 is 6.10 Å². The highest BCUT2D eigenvalue weighted by Gasteiger charge is 2.28. The molecule has 19 heavy (non-hydrogen) atoms. The van der Waals surface area contributed by atoms with Crippen molar-refractivity contribution in [3.8, 4) is 0 Å². The number of carbonyl (C=O) groups is 1. The normalized spacial score (nSPS) is 20.9. The Morgan fingerprint density at radius 2 is 2.26 bits per heavy atom. The molecule has 1 aliphatic heterocycles. The van der Waals surface area contributed by atoms with Crippen LogP contribution < -0.4 is 5.32 Å². The van der Waals surface area contributed by atoms with Crippen LogP contribution in [0.2, 0.25) is 5.02 Å². The van der Waals surface area contributed by atoms with E-state index >= 15 is 0 Å². The molecule has 0 spiro atoms. The van der Waals surface area contributed by atoms with Crippen LogP contribution in [0.3, 0.4) is 0 Å². The van der Waals surface area contributed by atoms with Gasteiger partial charge in [0.2, 0.25) is 0 Å². The molecule has 0 aromatic heterocycles. The standard InChI is InChI=1S/C14H19ClN2O2/c1-10(11-5-3-4-6-12(11)15)17(2)14(18)13-9-16-7-8-19-13/h3-6,10,13,16H,7-9H2,1-2H3. The molecular formula is C14H19ClN2O2. The Kier molecular flexibility index (Phi) is 4.80. The number of hydrogen-bond acceptors (Lipinski definition) is 3. The highest BCUT2D eigenvalue weighted by atomic mass is 35.5. The second kappa shape index (κ2) is 6.37. The number of amides is 1. The highest BCUT2D eigenvalue weighted by Crippen LogP contribution is 2.26. The van der Waals surface area contributed by atoms with Crippen molar-refractivity contribution in [2.45, 2.75) is 19.1 Å². The summed E-state index contributed by atoms with van der Waals surface area (Å²) in [6, 6.07) is 7.51. The molecule has 0 radical (unpaired) electrons. The SMILES string of the molecule is CC(c1ccccc1Cl)N(C)C(=O)C1CNCCO1. The first-order chi connectivity index (χ1) is 9.11. The van der Waals surface area contributed by atoms with Gasteiger partial charge >= 0.3 is 0 Å². The van der Waals surface area contributed by atoms with Crippen molar-refractivity contribution >= 4 is 17.5 Å². The zero-order valence-electron chi connectivity index (χ0n) is 11.2. The van der Waals surface area contributed by atoms with Crippen LogP contribution in [-0.2, 0) is 9.53 Å². The van der Waals surface area contributed by atoms with Crippen LogP contribution >= 0.6 is 11.6 Å². The van der Waals surface area contributed by atoms with Crippen molar-refractivity contribution in [2.75, 3.05) is 26.7 Å².